The quantitative estimate of drug-likeness (QED) is 0.190. The number of anilines is 2. The van der Waals surface area contributed by atoms with Crippen LogP contribution >= 0.6 is 39.0 Å². The van der Waals surface area contributed by atoms with E-state index in [1.807, 2.05) is 54.6 Å². The predicted molar refractivity (Wildman–Crippen MR) is 188 cm³/mol. The largest absolute Gasteiger partial charge is 0.325 e. The lowest BCUT2D eigenvalue weighted by Crippen LogP contribution is -2.33. The Morgan fingerprint density at radius 3 is 2.26 bits per heavy atom. The van der Waals surface area contributed by atoms with E-state index in [2.05, 4.69) is 54.2 Å². The van der Waals surface area contributed by atoms with Gasteiger partial charge in [-0.1, -0.05) is 114 Å². The van der Waals surface area contributed by atoms with Crippen LogP contribution < -0.4 is 15.1 Å². The van der Waals surface area contributed by atoms with Gasteiger partial charge >= 0.3 is 4.87 Å². The number of thiazole rings is 1. The van der Waals surface area contributed by atoms with Gasteiger partial charge in [-0.3, -0.25) is 23.7 Å². The Morgan fingerprint density at radius 1 is 0.870 bits per heavy atom. The summed E-state index contributed by atoms with van der Waals surface area (Å²) >= 11 is 5.69. The summed E-state index contributed by atoms with van der Waals surface area (Å²) < 4.78 is 2.29. The average molecular weight is 713 g/mol. The third-order valence-electron chi connectivity index (χ3n) is 8.60. The van der Waals surface area contributed by atoms with E-state index in [-0.39, 0.29) is 34.6 Å². The maximum absolute atomic E-state index is 14.2. The minimum absolute atomic E-state index is 0.0707. The number of imide groups is 1. The van der Waals surface area contributed by atoms with Crippen molar-refractivity contribution in [1.29, 1.82) is 0 Å². The monoisotopic (exact) mass is 711 g/mol. The van der Waals surface area contributed by atoms with Crippen molar-refractivity contribution in [3.63, 3.8) is 0 Å². The molecule has 0 radical (unpaired) electrons. The SMILES string of the molecule is CC(C)(C)c1ccc([C@H]2c3sc(=O)n(CC(=O)Nc4ccc5ccccc5c4)c3SC3C(=O)N(c4ccc(Br)cc4)C(=O)C32)cc1. The number of thioether (sulfide) groups is 1. The van der Waals surface area contributed by atoms with Gasteiger partial charge in [0, 0.05) is 21.0 Å². The Kier molecular flexibility index (Phi) is 7.77. The Morgan fingerprint density at radius 2 is 1.57 bits per heavy atom. The molecule has 0 spiro atoms. The molecule has 2 aliphatic rings. The van der Waals surface area contributed by atoms with Crippen molar-refractivity contribution >= 4 is 78.9 Å². The van der Waals surface area contributed by atoms with Crippen LogP contribution in [0.1, 0.15) is 42.7 Å². The summed E-state index contributed by atoms with van der Waals surface area (Å²) in [5.41, 5.74) is 3.06. The lowest BCUT2D eigenvalue weighted by molar-refractivity contribution is -0.122. The van der Waals surface area contributed by atoms with Crippen LogP contribution in [0.5, 0.6) is 0 Å². The summed E-state index contributed by atoms with van der Waals surface area (Å²) in [6.07, 6.45) is 0. The number of fused-ring (bicyclic) bond motifs is 3. The smallest absolute Gasteiger partial charge is 0.308 e. The van der Waals surface area contributed by atoms with Crippen molar-refractivity contribution in [2.24, 2.45) is 5.92 Å². The molecular weight excluding hydrogens is 682 g/mol. The average Bonchev–Trinajstić information content (AvgIpc) is 3.47. The van der Waals surface area contributed by atoms with E-state index in [1.165, 1.54) is 21.2 Å². The second kappa shape index (κ2) is 11.7. The highest BCUT2D eigenvalue weighted by Crippen LogP contribution is 2.54. The molecule has 1 saturated heterocycles. The molecule has 2 aliphatic heterocycles. The Labute approximate surface area is 282 Å². The minimum atomic E-state index is -0.750. The summed E-state index contributed by atoms with van der Waals surface area (Å²) in [7, 11) is 0. The van der Waals surface area contributed by atoms with Crippen molar-refractivity contribution in [3.05, 3.63) is 121 Å². The number of amides is 3. The number of aromatic nitrogens is 1. The summed E-state index contributed by atoms with van der Waals surface area (Å²) in [6.45, 7) is 6.20. The zero-order valence-corrected chi connectivity index (χ0v) is 28.5. The van der Waals surface area contributed by atoms with Crippen LogP contribution in [0.2, 0.25) is 0 Å². The molecule has 3 atom stereocenters. The number of rotatable bonds is 5. The standard InChI is InChI=1S/C36H30BrN3O4S2/c1-36(2,3)23-11-8-21(9-12-23)28-29-30(33(43)40(32(29)42)26-16-13-24(37)14-17-26)45-34-31(28)46-35(44)39(34)19-27(41)38-25-15-10-20-6-4-5-7-22(20)18-25/h4-18,28-30H,19H2,1-3H3,(H,38,41)/t28-,29?,30?/m1/s1. The number of carbonyl (C=O) groups is 3. The maximum Gasteiger partial charge on any atom is 0.308 e. The third kappa shape index (κ3) is 5.42. The molecular formula is C36H30BrN3O4S2. The summed E-state index contributed by atoms with van der Waals surface area (Å²) in [6, 6.07) is 28.8. The van der Waals surface area contributed by atoms with Gasteiger partial charge in [0.1, 0.15) is 11.8 Å². The van der Waals surface area contributed by atoms with E-state index in [0.29, 0.717) is 21.3 Å². The zero-order valence-electron chi connectivity index (χ0n) is 25.3. The molecule has 1 N–H and O–H groups in total. The molecule has 0 saturated carbocycles. The van der Waals surface area contributed by atoms with E-state index in [4.69, 9.17) is 0 Å². The van der Waals surface area contributed by atoms with Crippen LogP contribution in [0, 0.1) is 5.92 Å². The molecule has 1 aromatic heterocycles. The van der Waals surface area contributed by atoms with Crippen LogP contribution in [-0.2, 0) is 26.3 Å². The highest BCUT2D eigenvalue weighted by molar-refractivity contribution is 9.10. The van der Waals surface area contributed by atoms with E-state index >= 15 is 0 Å². The third-order valence-corrected chi connectivity index (χ3v) is 11.7. The highest BCUT2D eigenvalue weighted by atomic mass is 79.9. The molecule has 0 bridgehead atoms. The summed E-state index contributed by atoms with van der Waals surface area (Å²) in [4.78, 5) is 56.7. The molecule has 3 heterocycles. The van der Waals surface area contributed by atoms with E-state index < -0.39 is 17.1 Å². The molecule has 5 aromatic rings. The molecule has 2 unspecified atom stereocenters. The lowest BCUT2D eigenvalue weighted by Gasteiger charge is -2.31. The molecule has 7 nitrogen and oxygen atoms in total. The normalized spacial score (nSPS) is 19.3. The molecule has 4 aromatic carbocycles. The molecule has 10 heteroatoms. The van der Waals surface area contributed by atoms with Crippen molar-refractivity contribution < 1.29 is 14.4 Å². The number of hydrogen-bond acceptors (Lipinski definition) is 6. The fourth-order valence-corrected chi connectivity index (χ4v) is 9.30. The van der Waals surface area contributed by atoms with E-state index in [9.17, 15) is 19.2 Å². The van der Waals surface area contributed by atoms with Gasteiger partial charge < -0.3 is 5.32 Å². The van der Waals surface area contributed by atoms with Gasteiger partial charge in [-0.25, -0.2) is 4.90 Å². The number of halogens is 1. The van der Waals surface area contributed by atoms with Gasteiger partial charge in [0.25, 0.3) is 0 Å². The topological polar surface area (TPSA) is 88.5 Å². The summed E-state index contributed by atoms with van der Waals surface area (Å²) in [5, 5.41) is 4.79. The molecule has 1 fully saturated rings. The van der Waals surface area contributed by atoms with Crippen LogP contribution in [0.15, 0.2) is 105 Å². The lowest BCUT2D eigenvalue weighted by atomic mass is 9.81. The molecule has 3 amide bonds. The first-order valence-corrected chi connectivity index (χ1v) is 17.4. The van der Waals surface area contributed by atoms with Gasteiger partial charge in [-0.05, 0) is 63.7 Å². The Bertz CT molecular complexity index is 2080. The second-order valence-corrected chi connectivity index (χ2v) is 15.7. The maximum atomic E-state index is 14.2. The molecule has 232 valence electrons. The van der Waals surface area contributed by atoms with E-state index in [0.717, 1.165) is 37.7 Å². The van der Waals surface area contributed by atoms with Crippen molar-refractivity contribution in [2.75, 3.05) is 10.2 Å². The number of carbonyl (C=O) groups excluding carboxylic acids is 3. The van der Waals surface area contributed by atoms with Crippen LogP contribution in [0.25, 0.3) is 10.8 Å². The first-order chi connectivity index (χ1) is 22.0. The van der Waals surface area contributed by atoms with Crippen LogP contribution in [0.4, 0.5) is 11.4 Å². The summed E-state index contributed by atoms with van der Waals surface area (Å²) in [5.74, 6) is -2.18. The fraction of sp³-hybridized carbons (Fsp3) is 0.222. The molecule has 46 heavy (non-hydrogen) atoms. The second-order valence-electron chi connectivity index (χ2n) is 12.6. The highest BCUT2D eigenvalue weighted by Gasteiger charge is 2.56. The fourth-order valence-electron chi connectivity index (χ4n) is 6.26. The number of nitrogens with zero attached hydrogens (tertiary/aromatic N) is 2. The van der Waals surface area contributed by atoms with Crippen molar-refractivity contribution in [2.45, 2.75) is 48.9 Å². The first kappa shape index (κ1) is 30.7. The van der Waals surface area contributed by atoms with E-state index in [1.54, 1.807) is 24.3 Å². The van der Waals surface area contributed by atoms with Gasteiger partial charge in [0.15, 0.2) is 0 Å². The Hall–Kier alpha value is -3.99. The zero-order chi connectivity index (χ0) is 32.3. The van der Waals surface area contributed by atoms with Crippen LogP contribution in [-0.4, -0.2) is 27.5 Å². The minimum Gasteiger partial charge on any atom is -0.325 e. The number of nitrogens with one attached hydrogen (secondary N) is 1. The predicted octanol–water partition coefficient (Wildman–Crippen LogP) is 7.56. The van der Waals surface area contributed by atoms with Gasteiger partial charge in [-0.2, -0.15) is 0 Å². The van der Waals surface area contributed by atoms with Gasteiger partial charge in [0.05, 0.1) is 16.6 Å². The molecule has 0 aliphatic carbocycles. The van der Waals surface area contributed by atoms with Gasteiger partial charge in [0.2, 0.25) is 17.7 Å². The molecule has 7 rings (SSSR count). The van der Waals surface area contributed by atoms with Gasteiger partial charge in [-0.15, -0.1) is 0 Å². The van der Waals surface area contributed by atoms with Crippen molar-refractivity contribution in [3.8, 4) is 0 Å². The first-order valence-electron chi connectivity index (χ1n) is 14.9. The van der Waals surface area contributed by atoms with Crippen LogP contribution in [0.3, 0.4) is 0 Å². The number of benzene rings is 4. The Balaban J connectivity index is 1.27. The van der Waals surface area contributed by atoms with Crippen molar-refractivity contribution in [1.82, 2.24) is 4.57 Å². The number of hydrogen-bond donors (Lipinski definition) is 1.